The van der Waals surface area contributed by atoms with Gasteiger partial charge >= 0.3 is 0 Å². The summed E-state index contributed by atoms with van der Waals surface area (Å²) in [6.45, 7) is 4.09. The van der Waals surface area contributed by atoms with Crippen LogP contribution < -0.4 is 35.4 Å². The molecule has 0 saturated carbocycles. The number of piperidine rings is 1. The average Bonchev–Trinajstić information content (AvgIpc) is 2.97. The summed E-state index contributed by atoms with van der Waals surface area (Å²) < 4.78 is 6.87. The Morgan fingerprint density at radius 1 is 1.17 bits per heavy atom. The van der Waals surface area contributed by atoms with Crippen molar-refractivity contribution in [2.45, 2.75) is 19.4 Å². The molecule has 0 aliphatic carbocycles. The Hall–Kier alpha value is -0.230. The van der Waals surface area contributed by atoms with Crippen molar-refractivity contribution >= 4 is 27.5 Å². The summed E-state index contributed by atoms with van der Waals surface area (Å²) in [6.07, 6.45) is 2.51. The summed E-state index contributed by atoms with van der Waals surface area (Å²) in [5.74, 6) is 2.54. The molecule has 1 aromatic carbocycles. The highest BCUT2D eigenvalue weighted by Crippen LogP contribution is 2.31. The molecule has 1 aliphatic heterocycles. The standard InChI is InChI=1S/C17H20BrClN2O.2ClH/c18-13-1-3-15(16(19)9-13)17-4-2-14(22-17)11-21-10-12-5-7-20-8-6-12;;/h1-4,9,12,20-21H,5-8,10-11H2;2*1H/p-2. The predicted octanol–water partition coefficient (Wildman–Crippen LogP) is -1.54. The van der Waals surface area contributed by atoms with E-state index in [0.29, 0.717) is 5.02 Å². The second-order valence-corrected chi connectivity index (χ2v) is 7.04. The zero-order chi connectivity index (χ0) is 15.4. The van der Waals surface area contributed by atoms with Gasteiger partial charge in [0, 0.05) is 10.0 Å². The Kier molecular flexibility index (Phi) is 9.72. The maximum Gasteiger partial charge on any atom is 0.135 e. The van der Waals surface area contributed by atoms with Crippen LogP contribution in [0.3, 0.4) is 0 Å². The van der Waals surface area contributed by atoms with Crippen molar-refractivity contribution < 1.29 is 29.2 Å². The number of nitrogens with one attached hydrogen (secondary N) is 2. The quantitative estimate of drug-likeness (QED) is 0.575. The highest BCUT2D eigenvalue weighted by molar-refractivity contribution is 9.10. The Morgan fingerprint density at radius 3 is 2.62 bits per heavy atom. The van der Waals surface area contributed by atoms with Gasteiger partial charge in [0.2, 0.25) is 0 Å². The zero-order valence-corrected chi connectivity index (χ0v) is 17.0. The first kappa shape index (κ1) is 21.8. The molecular weight excluding hydrogens is 434 g/mol. The Morgan fingerprint density at radius 2 is 1.92 bits per heavy atom. The van der Waals surface area contributed by atoms with Crippen LogP contribution in [-0.2, 0) is 6.54 Å². The highest BCUT2D eigenvalue weighted by Gasteiger charge is 2.13. The first-order valence-corrected chi connectivity index (χ1v) is 8.85. The molecule has 1 fully saturated rings. The van der Waals surface area contributed by atoms with Gasteiger partial charge in [-0.15, -0.1) is 0 Å². The molecule has 2 N–H and O–H groups in total. The van der Waals surface area contributed by atoms with E-state index in [0.717, 1.165) is 53.7 Å². The van der Waals surface area contributed by atoms with Gasteiger partial charge in [0.25, 0.3) is 0 Å². The second kappa shape index (κ2) is 10.7. The Balaban J connectivity index is 0.00000144. The number of furan rings is 1. The first-order valence-electron chi connectivity index (χ1n) is 7.68. The molecule has 0 unspecified atom stereocenters. The minimum absolute atomic E-state index is 0. The van der Waals surface area contributed by atoms with Crippen molar-refractivity contribution in [1.82, 2.24) is 10.6 Å². The van der Waals surface area contributed by atoms with E-state index >= 15 is 0 Å². The Bertz CT molecular complexity index is 630. The van der Waals surface area contributed by atoms with Gasteiger partial charge in [0.05, 0.1) is 11.6 Å². The lowest BCUT2D eigenvalue weighted by Gasteiger charge is -2.22. The fourth-order valence-corrected chi connectivity index (χ4v) is 3.56. The molecule has 1 saturated heterocycles. The molecule has 3 rings (SSSR count). The van der Waals surface area contributed by atoms with E-state index in [4.69, 9.17) is 16.0 Å². The van der Waals surface area contributed by atoms with Crippen LogP contribution in [0, 0.1) is 5.92 Å². The minimum atomic E-state index is 0. The lowest BCUT2D eigenvalue weighted by Crippen LogP contribution is -3.00. The number of halogens is 4. The predicted molar refractivity (Wildman–Crippen MR) is 94.2 cm³/mol. The van der Waals surface area contributed by atoms with E-state index in [-0.39, 0.29) is 24.8 Å². The third-order valence-electron chi connectivity index (χ3n) is 4.05. The fourth-order valence-electron chi connectivity index (χ4n) is 2.79. The molecule has 0 atom stereocenters. The van der Waals surface area contributed by atoms with Crippen LogP contribution in [0.15, 0.2) is 39.2 Å². The first-order chi connectivity index (χ1) is 10.7. The molecule has 7 heteroatoms. The van der Waals surface area contributed by atoms with Crippen molar-refractivity contribution in [1.29, 1.82) is 0 Å². The van der Waals surface area contributed by atoms with Gasteiger partial charge in [0.1, 0.15) is 11.5 Å². The minimum Gasteiger partial charge on any atom is -1.00 e. The molecule has 1 aromatic heterocycles. The van der Waals surface area contributed by atoms with E-state index in [9.17, 15) is 0 Å². The number of hydrogen-bond acceptors (Lipinski definition) is 3. The highest BCUT2D eigenvalue weighted by atomic mass is 79.9. The van der Waals surface area contributed by atoms with Crippen LogP contribution in [0.1, 0.15) is 18.6 Å². The Labute approximate surface area is 168 Å². The fraction of sp³-hybridized carbons (Fsp3) is 0.412. The summed E-state index contributed by atoms with van der Waals surface area (Å²) in [4.78, 5) is 0. The molecule has 24 heavy (non-hydrogen) atoms. The maximum absolute atomic E-state index is 6.27. The number of benzene rings is 1. The van der Waals surface area contributed by atoms with Gasteiger partial charge in [-0.1, -0.05) is 27.5 Å². The van der Waals surface area contributed by atoms with Crippen LogP contribution in [0.5, 0.6) is 0 Å². The average molecular weight is 455 g/mol. The molecule has 0 bridgehead atoms. The topological polar surface area (TPSA) is 37.2 Å². The van der Waals surface area contributed by atoms with Crippen LogP contribution in [0.25, 0.3) is 11.3 Å². The molecule has 1 aliphatic rings. The smallest absolute Gasteiger partial charge is 0.135 e. The summed E-state index contributed by atoms with van der Waals surface area (Å²) in [5, 5.41) is 7.58. The van der Waals surface area contributed by atoms with Crippen molar-refractivity contribution in [2.24, 2.45) is 5.92 Å². The van der Waals surface area contributed by atoms with E-state index in [1.165, 1.54) is 12.8 Å². The lowest BCUT2D eigenvalue weighted by molar-refractivity contribution is -0.00100. The molecule has 0 radical (unpaired) electrons. The van der Waals surface area contributed by atoms with Gasteiger partial charge < -0.3 is 39.9 Å². The van der Waals surface area contributed by atoms with E-state index in [1.54, 1.807) is 0 Å². The molecule has 2 aromatic rings. The third kappa shape index (κ3) is 5.94. The third-order valence-corrected chi connectivity index (χ3v) is 4.86. The number of hydrogen-bond donors (Lipinski definition) is 2. The number of rotatable bonds is 5. The summed E-state index contributed by atoms with van der Waals surface area (Å²) in [5.41, 5.74) is 0.925. The van der Waals surface area contributed by atoms with Crippen LogP contribution >= 0.6 is 27.5 Å². The van der Waals surface area contributed by atoms with E-state index in [2.05, 4.69) is 26.6 Å². The molecule has 0 spiro atoms. The van der Waals surface area contributed by atoms with Crippen molar-refractivity contribution in [2.75, 3.05) is 19.6 Å². The van der Waals surface area contributed by atoms with Crippen LogP contribution in [-0.4, -0.2) is 19.6 Å². The van der Waals surface area contributed by atoms with Gasteiger partial charge in [-0.25, -0.2) is 0 Å². The van der Waals surface area contributed by atoms with Gasteiger partial charge in [-0.3, -0.25) is 0 Å². The van der Waals surface area contributed by atoms with Crippen molar-refractivity contribution in [3.8, 4) is 11.3 Å². The molecule has 134 valence electrons. The van der Waals surface area contributed by atoms with Gasteiger partial charge in [0.15, 0.2) is 0 Å². The summed E-state index contributed by atoms with van der Waals surface area (Å²) >= 11 is 9.68. The van der Waals surface area contributed by atoms with E-state index < -0.39 is 0 Å². The summed E-state index contributed by atoms with van der Waals surface area (Å²) in [6, 6.07) is 9.82. The second-order valence-electron chi connectivity index (χ2n) is 5.71. The lowest BCUT2D eigenvalue weighted by atomic mass is 9.98. The van der Waals surface area contributed by atoms with Crippen LogP contribution in [0.4, 0.5) is 0 Å². The SMILES string of the molecule is Clc1cc(Br)ccc1-c1ccc(CNCC2CCNCC2)o1.[Cl-].[Cl-]. The normalized spacial score (nSPS) is 14.8. The van der Waals surface area contributed by atoms with Crippen LogP contribution in [0.2, 0.25) is 5.02 Å². The van der Waals surface area contributed by atoms with Crippen molar-refractivity contribution in [3.63, 3.8) is 0 Å². The van der Waals surface area contributed by atoms with Crippen molar-refractivity contribution in [3.05, 3.63) is 45.6 Å². The largest absolute Gasteiger partial charge is 1.00 e. The van der Waals surface area contributed by atoms with Gasteiger partial charge in [-0.05, 0) is 68.7 Å². The monoisotopic (exact) mass is 452 g/mol. The zero-order valence-electron chi connectivity index (χ0n) is 13.1. The van der Waals surface area contributed by atoms with E-state index in [1.807, 2.05) is 30.3 Å². The molecule has 2 heterocycles. The molecule has 3 nitrogen and oxygen atoms in total. The van der Waals surface area contributed by atoms with Gasteiger partial charge in [-0.2, -0.15) is 0 Å². The molecule has 0 amide bonds. The maximum atomic E-state index is 6.27. The summed E-state index contributed by atoms with van der Waals surface area (Å²) in [7, 11) is 0. The molecular formula is C17H20BrCl3N2O-2.